The van der Waals surface area contributed by atoms with Crippen molar-refractivity contribution in [3.8, 4) is 0 Å². The zero-order chi connectivity index (χ0) is 20.1. The van der Waals surface area contributed by atoms with Crippen molar-refractivity contribution in [3.05, 3.63) is 54.1 Å². The molecule has 1 N–H and O–H groups in total. The molecule has 1 saturated heterocycles. The minimum absolute atomic E-state index is 0.119. The van der Waals surface area contributed by atoms with Crippen LogP contribution in [0.2, 0.25) is 0 Å². The molecule has 5 heteroatoms. The number of hydrogen-bond donors (Lipinski definition) is 1. The highest BCUT2D eigenvalue weighted by Crippen LogP contribution is 2.36. The van der Waals surface area contributed by atoms with E-state index in [0.29, 0.717) is 5.92 Å². The Kier molecular flexibility index (Phi) is 7.03. The molecule has 1 unspecified atom stereocenters. The Morgan fingerprint density at radius 2 is 1.86 bits per heavy atom. The van der Waals surface area contributed by atoms with Gasteiger partial charge in [0.05, 0.1) is 12.2 Å². The van der Waals surface area contributed by atoms with Gasteiger partial charge in [0.2, 0.25) is 0 Å². The van der Waals surface area contributed by atoms with E-state index in [-0.39, 0.29) is 12.6 Å². The average Bonchev–Trinajstić information content (AvgIpc) is 2.65. The molecule has 0 radical (unpaired) electrons. The van der Waals surface area contributed by atoms with E-state index in [9.17, 15) is 4.79 Å². The van der Waals surface area contributed by atoms with E-state index in [1.54, 1.807) is 11.8 Å². The van der Waals surface area contributed by atoms with Crippen LogP contribution in [0, 0.1) is 5.92 Å². The molecular formula is C23H30N2O2S. The van der Waals surface area contributed by atoms with Crippen LogP contribution < -0.4 is 4.90 Å². The van der Waals surface area contributed by atoms with Crippen molar-refractivity contribution < 1.29 is 9.90 Å². The van der Waals surface area contributed by atoms with Crippen LogP contribution in [0.4, 0.5) is 5.69 Å². The smallest absolute Gasteiger partial charge is 0.317 e. The number of para-hydroxylation sites is 1. The van der Waals surface area contributed by atoms with Gasteiger partial charge in [-0.15, -0.1) is 0 Å². The summed E-state index contributed by atoms with van der Waals surface area (Å²) in [6.07, 6.45) is 1.11. The van der Waals surface area contributed by atoms with Crippen molar-refractivity contribution in [2.45, 2.75) is 43.0 Å². The van der Waals surface area contributed by atoms with E-state index in [0.717, 1.165) is 26.1 Å². The highest BCUT2D eigenvalue weighted by Gasteiger charge is 2.26. The SMILES string of the molecule is CC(C)Cc1ccc(Sc2ccccc2N2CCN(CC(=O)O)C(C)C2)cc1. The number of carbonyl (C=O) groups is 1. The van der Waals surface area contributed by atoms with Gasteiger partial charge in [-0.3, -0.25) is 9.69 Å². The van der Waals surface area contributed by atoms with Crippen molar-refractivity contribution in [2.24, 2.45) is 5.92 Å². The Morgan fingerprint density at radius 3 is 2.50 bits per heavy atom. The average molecular weight is 399 g/mol. The molecule has 1 atom stereocenters. The largest absolute Gasteiger partial charge is 0.480 e. The fourth-order valence-corrected chi connectivity index (χ4v) is 4.69. The van der Waals surface area contributed by atoms with E-state index in [2.05, 4.69) is 74.2 Å². The third kappa shape index (κ3) is 5.52. The molecule has 0 spiro atoms. The lowest BCUT2D eigenvalue weighted by molar-refractivity contribution is -0.138. The molecule has 1 aliphatic rings. The van der Waals surface area contributed by atoms with Crippen LogP contribution in [0.25, 0.3) is 0 Å². The van der Waals surface area contributed by atoms with Crippen LogP contribution in [0.1, 0.15) is 26.3 Å². The van der Waals surface area contributed by atoms with E-state index >= 15 is 0 Å². The summed E-state index contributed by atoms with van der Waals surface area (Å²) in [5.74, 6) is -0.0850. The first kappa shape index (κ1) is 20.7. The Labute approximate surface area is 172 Å². The van der Waals surface area contributed by atoms with Gasteiger partial charge < -0.3 is 10.0 Å². The van der Waals surface area contributed by atoms with E-state index in [1.165, 1.54) is 21.0 Å². The number of piperazine rings is 1. The normalized spacial score (nSPS) is 17.9. The van der Waals surface area contributed by atoms with Crippen molar-refractivity contribution in [1.82, 2.24) is 4.90 Å². The van der Waals surface area contributed by atoms with E-state index < -0.39 is 5.97 Å². The van der Waals surface area contributed by atoms with Gasteiger partial charge in [0.15, 0.2) is 0 Å². The molecule has 1 aliphatic heterocycles. The molecule has 4 nitrogen and oxygen atoms in total. The summed E-state index contributed by atoms with van der Waals surface area (Å²) in [5.41, 5.74) is 2.62. The first-order chi connectivity index (χ1) is 13.4. The fourth-order valence-electron chi connectivity index (χ4n) is 3.72. The predicted molar refractivity (Wildman–Crippen MR) is 116 cm³/mol. The van der Waals surface area contributed by atoms with Crippen molar-refractivity contribution in [1.29, 1.82) is 0 Å². The quantitative estimate of drug-likeness (QED) is 0.736. The van der Waals surface area contributed by atoms with Crippen molar-refractivity contribution >= 4 is 23.4 Å². The Balaban J connectivity index is 1.71. The maximum absolute atomic E-state index is 11.0. The summed E-state index contributed by atoms with van der Waals surface area (Å²) in [6, 6.07) is 17.6. The number of nitrogens with zero attached hydrogens (tertiary/aromatic N) is 2. The van der Waals surface area contributed by atoms with Gasteiger partial charge >= 0.3 is 5.97 Å². The third-order valence-corrected chi connectivity index (χ3v) is 6.18. The molecule has 0 aliphatic carbocycles. The van der Waals surface area contributed by atoms with Gasteiger partial charge in [-0.1, -0.05) is 49.9 Å². The lowest BCUT2D eigenvalue weighted by atomic mass is 10.0. The second kappa shape index (κ2) is 9.48. The van der Waals surface area contributed by atoms with Crippen LogP contribution in [0.15, 0.2) is 58.3 Å². The summed E-state index contributed by atoms with van der Waals surface area (Å²) in [7, 11) is 0. The number of benzene rings is 2. The summed E-state index contributed by atoms with van der Waals surface area (Å²) in [4.78, 5) is 18.0. The van der Waals surface area contributed by atoms with E-state index in [4.69, 9.17) is 5.11 Å². The van der Waals surface area contributed by atoms with Crippen LogP contribution in [-0.4, -0.2) is 48.2 Å². The number of aliphatic carboxylic acids is 1. The molecule has 0 amide bonds. The molecule has 0 aromatic heterocycles. The Morgan fingerprint density at radius 1 is 1.14 bits per heavy atom. The first-order valence-electron chi connectivity index (χ1n) is 9.99. The standard InChI is InChI=1S/C23H30N2O2S/c1-17(2)14-19-8-10-20(11-9-19)28-22-7-5-4-6-21(22)25-13-12-24(16-23(26)27)18(3)15-25/h4-11,17-18H,12-16H2,1-3H3,(H,26,27). The third-order valence-electron chi connectivity index (χ3n) is 5.10. The Hall–Kier alpha value is -1.98. The molecule has 150 valence electrons. The Bertz CT molecular complexity index is 791. The van der Waals surface area contributed by atoms with Crippen LogP contribution >= 0.6 is 11.8 Å². The van der Waals surface area contributed by atoms with Crippen LogP contribution in [0.5, 0.6) is 0 Å². The summed E-state index contributed by atoms with van der Waals surface area (Å²) < 4.78 is 0. The van der Waals surface area contributed by atoms with Gasteiger partial charge in [-0.25, -0.2) is 0 Å². The summed E-state index contributed by atoms with van der Waals surface area (Å²) in [5, 5.41) is 9.08. The van der Waals surface area contributed by atoms with Gasteiger partial charge in [0.25, 0.3) is 0 Å². The molecule has 0 saturated carbocycles. The monoisotopic (exact) mass is 398 g/mol. The van der Waals surface area contributed by atoms with Crippen molar-refractivity contribution in [3.63, 3.8) is 0 Å². The van der Waals surface area contributed by atoms with Crippen LogP contribution in [-0.2, 0) is 11.2 Å². The second-order valence-electron chi connectivity index (χ2n) is 7.97. The first-order valence-corrected chi connectivity index (χ1v) is 10.8. The number of rotatable bonds is 7. The highest BCUT2D eigenvalue weighted by molar-refractivity contribution is 7.99. The fraction of sp³-hybridized carbons (Fsp3) is 0.435. The molecule has 0 bridgehead atoms. The van der Waals surface area contributed by atoms with E-state index in [1.807, 2.05) is 4.90 Å². The lowest BCUT2D eigenvalue weighted by Crippen LogP contribution is -2.53. The number of carboxylic acids is 1. The van der Waals surface area contributed by atoms with Gasteiger partial charge in [0.1, 0.15) is 0 Å². The zero-order valence-electron chi connectivity index (χ0n) is 17.0. The van der Waals surface area contributed by atoms with Gasteiger partial charge in [-0.2, -0.15) is 0 Å². The molecule has 2 aromatic rings. The number of anilines is 1. The predicted octanol–water partition coefficient (Wildman–Crippen LogP) is 4.63. The summed E-state index contributed by atoms with van der Waals surface area (Å²) >= 11 is 1.80. The molecule has 1 fully saturated rings. The van der Waals surface area contributed by atoms with Crippen LogP contribution in [0.3, 0.4) is 0 Å². The highest BCUT2D eigenvalue weighted by atomic mass is 32.2. The molecule has 2 aromatic carbocycles. The summed E-state index contributed by atoms with van der Waals surface area (Å²) in [6.45, 7) is 9.19. The second-order valence-corrected chi connectivity index (χ2v) is 9.09. The molecule has 3 rings (SSSR count). The maximum atomic E-state index is 11.0. The van der Waals surface area contributed by atoms with Gasteiger partial charge in [-0.05, 0) is 49.1 Å². The lowest BCUT2D eigenvalue weighted by Gasteiger charge is -2.40. The molecule has 28 heavy (non-hydrogen) atoms. The minimum atomic E-state index is -0.753. The van der Waals surface area contributed by atoms with Crippen molar-refractivity contribution in [2.75, 3.05) is 31.1 Å². The molecular weight excluding hydrogens is 368 g/mol. The topological polar surface area (TPSA) is 43.8 Å². The van der Waals surface area contributed by atoms with Gasteiger partial charge in [0, 0.05) is 35.5 Å². The molecule has 1 heterocycles. The number of carboxylic acid groups (broad SMARTS) is 1. The number of hydrogen-bond acceptors (Lipinski definition) is 4. The minimum Gasteiger partial charge on any atom is -0.480 e. The zero-order valence-corrected chi connectivity index (χ0v) is 17.8. The maximum Gasteiger partial charge on any atom is 0.317 e.